The van der Waals surface area contributed by atoms with Crippen molar-refractivity contribution in [2.45, 2.75) is 0 Å². The maximum atomic E-state index is 4.58. The number of hydrogen-bond donors (Lipinski definition) is 0. The molecule has 0 unspecified atom stereocenters. The van der Waals surface area contributed by atoms with Crippen LogP contribution >= 0.6 is 17.1 Å². The van der Waals surface area contributed by atoms with Gasteiger partial charge in [-0.05, 0) is 24.3 Å². The third-order valence-electron chi connectivity index (χ3n) is 2.41. The van der Waals surface area contributed by atoms with Crippen LogP contribution in [0.15, 0.2) is 60.7 Å². The van der Waals surface area contributed by atoms with Crippen molar-refractivity contribution in [2.75, 3.05) is 6.66 Å². The summed E-state index contributed by atoms with van der Waals surface area (Å²) < 4.78 is 0. The average molecular weight is 434 g/mol. The molecule has 2 aromatic carbocycles. The van der Waals surface area contributed by atoms with Gasteiger partial charge in [0.1, 0.15) is 0 Å². The third-order valence-corrected chi connectivity index (χ3v) is 4.81. The molecule has 0 nitrogen and oxygen atoms in total. The molecule has 0 bridgehead atoms. The minimum atomic E-state index is -0.545. The fourth-order valence-electron chi connectivity index (χ4n) is 1.54. The van der Waals surface area contributed by atoms with E-state index in [9.17, 15) is 0 Å². The van der Waals surface area contributed by atoms with Gasteiger partial charge >= 0.3 is 29.2 Å². The van der Waals surface area contributed by atoms with Gasteiger partial charge in [0.05, 0.1) is 25.2 Å². The summed E-state index contributed by atoms with van der Waals surface area (Å²) in [5.74, 6) is 0. The Labute approximate surface area is 115 Å². The molecule has 0 aliphatic heterocycles. The van der Waals surface area contributed by atoms with E-state index in [1.165, 1.54) is 10.6 Å². The van der Waals surface area contributed by atoms with Gasteiger partial charge in [-0.1, -0.05) is 36.4 Å². The zero-order chi connectivity index (χ0) is 11.8. The van der Waals surface area contributed by atoms with Crippen LogP contribution in [0.4, 0.5) is 0 Å². The molecule has 0 spiro atoms. The molecule has 0 fully saturated rings. The molecule has 0 saturated heterocycles. The summed E-state index contributed by atoms with van der Waals surface area (Å²) in [6, 6.07) is 21.5. The first kappa shape index (κ1) is 14.0. The molecule has 0 atom stereocenters. The van der Waals surface area contributed by atoms with Crippen LogP contribution in [0, 0.1) is 0 Å². The Bertz CT molecular complexity index is 352. The molecule has 0 heterocycles. The van der Waals surface area contributed by atoms with E-state index in [4.69, 9.17) is 0 Å². The molecule has 0 aliphatic rings. The minimum absolute atomic E-state index is 0.545. The monoisotopic (exact) mass is 433 g/mol. The number of rotatable bonds is 2. The Morgan fingerprint density at radius 3 is 1.38 bits per heavy atom. The second kappa shape index (κ2) is 8.06. The Kier molecular flexibility index (Phi) is 7.03. The molecule has 88 valence electrons. The molecular formula is C13H14AuClP+. The molecule has 0 radical (unpaired) electrons. The van der Waals surface area contributed by atoms with Gasteiger partial charge in [-0.3, -0.25) is 0 Å². The van der Waals surface area contributed by atoms with E-state index in [1.54, 1.807) is 20.0 Å². The van der Waals surface area contributed by atoms with Crippen LogP contribution in [-0.2, 0) is 20.0 Å². The second-order valence-electron chi connectivity index (χ2n) is 3.36. The maximum absolute atomic E-state index is 4.58. The summed E-state index contributed by atoms with van der Waals surface area (Å²) >= 11 is 1.75. The van der Waals surface area contributed by atoms with Crippen molar-refractivity contribution in [2.24, 2.45) is 0 Å². The number of benzene rings is 2. The average Bonchev–Trinajstić information content (AvgIpc) is 2.42. The number of halogens is 1. The first-order chi connectivity index (χ1) is 7.88. The van der Waals surface area contributed by atoms with Crippen LogP contribution in [0.5, 0.6) is 0 Å². The Balaban J connectivity index is 0.000000606. The fourth-order valence-corrected chi connectivity index (χ4v) is 3.26. The van der Waals surface area contributed by atoms with E-state index in [-0.39, 0.29) is 0 Å². The predicted octanol–water partition coefficient (Wildman–Crippen LogP) is 3.17. The summed E-state index contributed by atoms with van der Waals surface area (Å²) in [7, 11) is 4.04. The standard InChI is InChI=1S/C13H13P.Au.ClH/c1-14(12-8-4-2-5-9-12)13-10-6-3-7-11-13;;/h2-11H,1H3;;1H/q;+1;. The van der Waals surface area contributed by atoms with E-state index < -0.39 is 7.92 Å². The zero-order valence-electron chi connectivity index (χ0n) is 8.95. The molecular weight excluding hydrogens is 420 g/mol. The molecule has 0 N–H and O–H groups in total. The summed E-state index contributed by atoms with van der Waals surface area (Å²) in [4.78, 5) is 0. The van der Waals surface area contributed by atoms with Gasteiger partial charge in [-0.15, -0.1) is 0 Å². The molecule has 0 saturated carbocycles. The predicted molar refractivity (Wildman–Crippen MR) is 72.2 cm³/mol. The fraction of sp³-hybridized carbons (Fsp3) is 0.0769. The van der Waals surface area contributed by atoms with E-state index in [0.29, 0.717) is 0 Å². The van der Waals surface area contributed by atoms with Crippen LogP contribution in [0.1, 0.15) is 0 Å². The SMILES string of the molecule is C[PH+](c1ccccc1)c1ccccc1.[Cl][Au]. The van der Waals surface area contributed by atoms with Crippen molar-refractivity contribution >= 4 is 27.7 Å². The molecule has 2 aromatic rings. The third kappa shape index (κ3) is 4.05. The van der Waals surface area contributed by atoms with Crippen molar-refractivity contribution < 1.29 is 20.0 Å². The van der Waals surface area contributed by atoms with Crippen molar-refractivity contribution in [3.63, 3.8) is 0 Å². The van der Waals surface area contributed by atoms with Crippen molar-refractivity contribution in [1.29, 1.82) is 0 Å². The van der Waals surface area contributed by atoms with E-state index >= 15 is 0 Å². The van der Waals surface area contributed by atoms with Crippen molar-refractivity contribution in [1.82, 2.24) is 0 Å². The van der Waals surface area contributed by atoms with Gasteiger partial charge < -0.3 is 0 Å². The Morgan fingerprint density at radius 2 is 1.06 bits per heavy atom. The quantitative estimate of drug-likeness (QED) is 0.504. The summed E-state index contributed by atoms with van der Waals surface area (Å²) in [5.41, 5.74) is 0. The van der Waals surface area contributed by atoms with Crippen molar-refractivity contribution in [3.8, 4) is 0 Å². The molecule has 0 amide bonds. The van der Waals surface area contributed by atoms with Crippen molar-refractivity contribution in [3.05, 3.63) is 60.7 Å². The molecule has 0 aromatic heterocycles. The van der Waals surface area contributed by atoms with Gasteiger partial charge in [0.2, 0.25) is 0 Å². The second-order valence-corrected chi connectivity index (χ2v) is 5.76. The molecule has 3 heteroatoms. The van der Waals surface area contributed by atoms with Crippen LogP contribution in [0.2, 0.25) is 0 Å². The van der Waals surface area contributed by atoms with Gasteiger partial charge in [-0.2, -0.15) is 0 Å². The molecule has 0 aliphatic carbocycles. The Morgan fingerprint density at radius 1 is 0.750 bits per heavy atom. The summed E-state index contributed by atoms with van der Waals surface area (Å²) in [6.07, 6.45) is 0. The molecule has 16 heavy (non-hydrogen) atoms. The first-order valence-corrected chi connectivity index (χ1v) is 9.62. The summed E-state index contributed by atoms with van der Waals surface area (Å²) in [6.45, 7) is 2.34. The topological polar surface area (TPSA) is 0 Å². The number of hydrogen-bond acceptors (Lipinski definition) is 0. The van der Waals surface area contributed by atoms with Gasteiger partial charge in [-0.25, -0.2) is 0 Å². The van der Waals surface area contributed by atoms with E-state index in [1.807, 2.05) is 0 Å². The first-order valence-electron chi connectivity index (χ1n) is 4.94. The van der Waals surface area contributed by atoms with Crippen LogP contribution in [0.25, 0.3) is 0 Å². The van der Waals surface area contributed by atoms with Gasteiger partial charge in [0.25, 0.3) is 0 Å². The van der Waals surface area contributed by atoms with Gasteiger partial charge in [0, 0.05) is 0 Å². The zero-order valence-corrected chi connectivity index (χ0v) is 12.9. The van der Waals surface area contributed by atoms with E-state index in [0.717, 1.165) is 0 Å². The normalized spacial score (nSPS) is 9.56. The van der Waals surface area contributed by atoms with Crippen LogP contribution in [-0.4, -0.2) is 6.66 Å². The molecule has 2 rings (SSSR count). The van der Waals surface area contributed by atoms with E-state index in [2.05, 4.69) is 76.5 Å². The summed E-state index contributed by atoms with van der Waals surface area (Å²) in [5, 5.41) is 2.95. The van der Waals surface area contributed by atoms with Gasteiger partial charge in [0.15, 0.2) is 0 Å². The Hall–Kier alpha value is -0.0997. The van der Waals surface area contributed by atoms with Crippen LogP contribution in [0.3, 0.4) is 0 Å². The van der Waals surface area contributed by atoms with Crippen LogP contribution < -0.4 is 10.6 Å².